The maximum Gasteiger partial charge on any atom is 0.177 e. The highest BCUT2D eigenvalue weighted by Crippen LogP contribution is 2.25. The zero-order chi connectivity index (χ0) is 13.4. The number of fused-ring (bicyclic) bond motifs is 1. The summed E-state index contributed by atoms with van der Waals surface area (Å²) in [5.74, 6) is 0.723. The summed E-state index contributed by atoms with van der Waals surface area (Å²) in [5, 5.41) is 12.0. The SMILES string of the molecule is CN1CCC[C@@H](Nc2nnc(Cl)c3c2ncn3C)C1. The van der Waals surface area contributed by atoms with E-state index in [2.05, 4.69) is 32.4 Å². The Balaban J connectivity index is 1.91. The summed E-state index contributed by atoms with van der Waals surface area (Å²) in [4.78, 5) is 6.68. The fourth-order valence-corrected chi connectivity index (χ4v) is 2.87. The van der Waals surface area contributed by atoms with Crippen molar-refractivity contribution in [3.63, 3.8) is 0 Å². The monoisotopic (exact) mass is 280 g/mol. The molecule has 0 spiro atoms. The van der Waals surface area contributed by atoms with Crippen molar-refractivity contribution in [1.29, 1.82) is 0 Å². The van der Waals surface area contributed by atoms with Crippen molar-refractivity contribution in [3.8, 4) is 0 Å². The third-order valence-corrected chi connectivity index (χ3v) is 3.81. The second-order valence-corrected chi connectivity index (χ2v) is 5.50. The third-order valence-electron chi connectivity index (χ3n) is 3.56. The van der Waals surface area contributed by atoms with Gasteiger partial charge in [0.2, 0.25) is 0 Å². The van der Waals surface area contributed by atoms with E-state index in [4.69, 9.17) is 11.6 Å². The van der Waals surface area contributed by atoms with Crippen molar-refractivity contribution >= 4 is 28.5 Å². The number of hydrogen-bond donors (Lipinski definition) is 1. The number of hydrogen-bond acceptors (Lipinski definition) is 5. The van der Waals surface area contributed by atoms with Gasteiger partial charge in [-0.2, -0.15) is 0 Å². The molecule has 2 aromatic rings. The molecule has 0 radical (unpaired) electrons. The molecule has 1 atom stereocenters. The lowest BCUT2D eigenvalue weighted by molar-refractivity contribution is 0.261. The maximum absolute atomic E-state index is 6.07. The van der Waals surface area contributed by atoms with E-state index in [1.54, 1.807) is 6.33 Å². The largest absolute Gasteiger partial charge is 0.363 e. The van der Waals surface area contributed by atoms with Crippen LogP contribution in [-0.2, 0) is 7.05 Å². The van der Waals surface area contributed by atoms with Crippen LogP contribution < -0.4 is 5.32 Å². The van der Waals surface area contributed by atoms with E-state index < -0.39 is 0 Å². The van der Waals surface area contributed by atoms with Crippen molar-refractivity contribution in [2.24, 2.45) is 7.05 Å². The summed E-state index contributed by atoms with van der Waals surface area (Å²) in [5.41, 5.74) is 1.61. The van der Waals surface area contributed by atoms with Crippen molar-refractivity contribution in [2.45, 2.75) is 18.9 Å². The molecule has 0 saturated carbocycles. The highest BCUT2D eigenvalue weighted by Gasteiger charge is 2.20. The first-order valence-electron chi connectivity index (χ1n) is 6.43. The average molecular weight is 281 g/mol. The number of aromatic nitrogens is 4. The molecule has 1 fully saturated rings. The third kappa shape index (κ3) is 2.37. The molecule has 2 aromatic heterocycles. The number of halogens is 1. The van der Waals surface area contributed by atoms with Gasteiger partial charge in [0.15, 0.2) is 11.0 Å². The highest BCUT2D eigenvalue weighted by molar-refractivity contribution is 6.33. The Labute approximate surface area is 116 Å². The summed E-state index contributed by atoms with van der Waals surface area (Å²) >= 11 is 6.07. The first-order valence-corrected chi connectivity index (χ1v) is 6.81. The van der Waals surface area contributed by atoms with Crippen LogP contribution in [0.3, 0.4) is 0 Å². The minimum Gasteiger partial charge on any atom is -0.363 e. The molecule has 1 aliphatic heterocycles. The van der Waals surface area contributed by atoms with Gasteiger partial charge in [0.1, 0.15) is 11.0 Å². The molecule has 0 amide bonds. The molecule has 0 aliphatic carbocycles. The molecule has 0 aromatic carbocycles. The number of likely N-dealkylation sites (tertiary alicyclic amines) is 1. The van der Waals surface area contributed by atoms with Crippen LogP contribution >= 0.6 is 11.6 Å². The van der Waals surface area contributed by atoms with Crippen LogP contribution in [0, 0.1) is 0 Å². The van der Waals surface area contributed by atoms with Gasteiger partial charge in [-0.25, -0.2) is 4.98 Å². The molecular weight excluding hydrogens is 264 g/mol. The van der Waals surface area contributed by atoms with Crippen molar-refractivity contribution in [2.75, 3.05) is 25.5 Å². The minimum atomic E-state index is 0.388. The molecule has 102 valence electrons. The fourth-order valence-electron chi connectivity index (χ4n) is 2.61. The second kappa shape index (κ2) is 4.94. The number of rotatable bonds is 2. The number of nitrogens with zero attached hydrogens (tertiary/aromatic N) is 5. The minimum absolute atomic E-state index is 0.388. The van der Waals surface area contributed by atoms with Gasteiger partial charge < -0.3 is 14.8 Å². The molecule has 3 heterocycles. The lowest BCUT2D eigenvalue weighted by atomic mass is 10.1. The predicted molar refractivity (Wildman–Crippen MR) is 75.5 cm³/mol. The zero-order valence-electron chi connectivity index (χ0n) is 11.1. The van der Waals surface area contributed by atoms with E-state index in [-0.39, 0.29) is 0 Å². The molecule has 19 heavy (non-hydrogen) atoms. The number of nitrogens with one attached hydrogen (secondary N) is 1. The van der Waals surface area contributed by atoms with Gasteiger partial charge >= 0.3 is 0 Å². The molecule has 1 N–H and O–H groups in total. The number of imidazole rings is 1. The normalized spacial score (nSPS) is 20.9. The van der Waals surface area contributed by atoms with E-state index in [9.17, 15) is 0 Å². The van der Waals surface area contributed by atoms with E-state index in [1.165, 1.54) is 6.42 Å². The maximum atomic E-state index is 6.07. The van der Waals surface area contributed by atoms with Gasteiger partial charge in [0.05, 0.1) is 6.33 Å². The Kier molecular flexibility index (Phi) is 3.28. The van der Waals surface area contributed by atoms with Crippen LogP contribution in [0.25, 0.3) is 11.0 Å². The summed E-state index contributed by atoms with van der Waals surface area (Å²) in [6.07, 6.45) is 4.07. The quantitative estimate of drug-likeness (QED) is 0.904. The van der Waals surface area contributed by atoms with E-state index in [0.29, 0.717) is 11.2 Å². The molecular formula is C12H17ClN6. The van der Waals surface area contributed by atoms with Crippen molar-refractivity contribution in [3.05, 3.63) is 11.5 Å². The van der Waals surface area contributed by atoms with Crippen LogP contribution in [0.15, 0.2) is 6.33 Å². The lowest BCUT2D eigenvalue weighted by Gasteiger charge is -2.30. The van der Waals surface area contributed by atoms with Gasteiger partial charge in [-0.15, -0.1) is 10.2 Å². The standard InChI is InChI=1S/C12H17ClN6/c1-18-5-3-4-8(6-18)15-12-9-10(11(13)16-17-12)19(2)7-14-9/h7-8H,3-6H2,1-2H3,(H,15,17)/t8-/m1/s1. The molecule has 0 unspecified atom stereocenters. The molecule has 7 heteroatoms. The van der Waals surface area contributed by atoms with Gasteiger partial charge in [-0.1, -0.05) is 11.6 Å². The Hall–Kier alpha value is -1.40. The number of anilines is 1. The highest BCUT2D eigenvalue weighted by atomic mass is 35.5. The van der Waals surface area contributed by atoms with Crippen molar-refractivity contribution < 1.29 is 0 Å². The molecule has 1 saturated heterocycles. The fraction of sp³-hybridized carbons (Fsp3) is 0.583. The smallest absolute Gasteiger partial charge is 0.177 e. The molecule has 1 aliphatic rings. The number of piperidine rings is 1. The Morgan fingerprint density at radius 3 is 3.00 bits per heavy atom. The molecule has 6 nitrogen and oxygen atoms in total. The first kappa shape index (κ1) is 12.6. The number of aryl methyl sites for hydroxylation is 1. The van der Waals surface area contributed by atoms with Crippen molar-refractivity contribution in [1.82, 2.24) is 24.6 Å². The molecule has 3 rings (SSSR count). The summed E-state index contributed by atoms with van der Waals surface area (Å²) in [6.45, 7) is 2.17. The van der Waals surface area contributed by atoms with E-state index in [0.717, 1.165) is 36.4 Å². The van der Waals surface area contributed by atoms with Gasteiger partial charge in [0, 0.05) is 19.6 Å². The Morgan fingerprint density at radius 1 is 1.37 bits per heavy atom. The molecule has 0 bridgehead atoms. The number of likely N-dealkylation sites (N-methyl/N-ethyl adjacent to an activating group) is 1. The second-order valence-electron chi connectivity index (χ2n) is 5.14. The lowest BCUT2D eigenvalue weighted by Crippen LogP contribution is -2.40. The van der Waals surface area contributed by atoms with Crippen LogP contribution in [-0.4, -0.2) is 50.8 Å². The predicted octanol–water partition coefficient (Wildman–Crippen LogP) is 1.52. The summed E-state index contributed by atoms with van der Waals surface area (Å²) in [6, 6.07) is 0.388. The van der Waals surface area contributed by atoms with Gasteiger partial charge in [-0.05, 0) is 26.4 Å². The van der Waals surface area contributed by atoms with E-state index in [1.807, 2.05) is 11.6 Å². The summed E-state index contributed by atoms with van der Waals surface area (Å²) < 4.78 is 1.87. The van der Waals surface area contributed by atoms with Crippen LogP contribution in [0.4, 0.5) is 5.82 Å². The summed E-state index contributed by atoms with van der Waals surface area (Å²) in [7, 11) is 4.04. The first-order chi connectivity index (χ1) is 9.15. The van der Waals surface area contributed by atoms with Gasteiger partial charge in [-0.3, -0.25) is 0 Å². The van der Waals surface area contributed by atoms with Crippen LogP contribution in [0.5, 0.6) is 0 Å². The zero-order valence-corrected chi connectivity index (χ0v) is 11.9. The topological polar surface area (TPSA) is 58.9 Å². The Bertz CT molecular complexity index is 595. The Morgan fingerprint density at radius 2 is 2.21 bits per heavy atom. The van der Waals surface area contributed by atoms with Gasteiger partial charge in [0.25, 0.3) is 0 Å². The van der Waals surface area contributed by atoms with Crippen LogP contribution in [0.2, 0.25) is 5.15 Å². The average Bonchev–Trinajstić information content (AvgIpc) is 2.76. The van der Waals surface area contributed by atoms with Crippen LogP contribution in [0.1, 0.15) is 12.8 Å². The van der Waals surface area contributed by atoms with E-state index >= 15 is 0 Å².